The maximum absolute atomic E-state index is 13.5. The highest BCUT2D eigenvalue weighted by Gasteiger charge is 2.29. The Morgan fingerprint density at radius 3 is 2.38 bits per heavy atom. The van der Waals surface area contributed by atoms with Gasteiger partial charge in [0.1, 0.15) is 30.2 Å². The normalized spacial score (nSPS) is 20.5. The molecule has 15 nitrogen and oxygen atoms in total. The van der Waals surface area contributed by atoms with Crippen LogP contribution in [0, 0.1) is 5.92 Å². The molecule has 3 heterocycles. The summed E-state index contributed by atoms with van der Waals surface area (Å²) >= 11 is 0. The summed E-state index contributed by atoms with van der Waals surface area (Å²) in [6.45, 7) is 6.55. The lowest BCUT2D eigenvalue weighted by Gasteiger charge is -2.25. The highest BCUT2D eigenvalue weighted by atomic mass is 16.3. The van der Waals surface area contributed by atoms with Gasteiger partial charge >= 0.3 is 0 Å². The second kappa shape index (κ2) is 15.8. The van der Waals surface area contributed by atoms with Gasteiger partial charge in [0.2, 0.25) is 23.6 Å². The standard InChI is InChI=1S/C32H41N9O6/c1-19(2)16-23-31(46)36-20(3)29-38-28(22-10-6-5-7-11-22)39-41(29)18-25(43)33-14-9-15-40(17-26(44)35-21(4)30(45)37-23)32(47)27-24(42)12-8-13-34-27/h5-8,10-13,19-21,23,42H,9,14-18H2,1-4H3,(H,33,43)(H,35,44)(H,36,46)(H,37,45)/t20-,21+,23+/m0/s1. The van der Waals surface area contributed by atoms with E-state index in [1.807, 2.05) is 44.2 Å². The topological polar surface area (TPSA) is 201 Å². The van der Waals surface area contributed by atoms with E-state index in [9.17, 15) is 29.1 Å². The number of nitrogens with one attached hydrogen (secondary N) is 4. The molecule has 0 aliphatic carbocycles. The lowest BCUT2D eigenvalue weighted by Crippen LogP contribution is -2.54. The van der Waals surface area contributed by atoms with Crippen molar-refractivity contribution >= 4 is 29.5 Å². The fraction of sp³-hybridized carbons (Fsp3) is 0.438. The van der Waals surface area contributed by atoms with Crippen molar-refractivity contribution in [3.63, 3.8) is 0 Å². The SMILES string of the molecule is CC(C)C[C@H]1NC(=O)[C@@H](C)NC(=O)CN(C(=O)c2ncccc2O)CCCNC(=O)Cn2nc(-c3ccccc3)nc2[C@H](C)NC1=O. The second-order valence-corrected chi connectivity index (χ2v) is 11.8. The molecule has 47 heavy (non-hydrogen) atoms. The molecule has 4 rings (SSSR count). The number of rotatable bonds is 4. The van der Waals surface area contributed by atoms with Gasteiger partial charge in [-0.15, -0.1) is 0 Å². The van der Waals surface area contributed by atoms with Crippen molar-refractivity contribution in [1.29, 1.82) is 0 Å². The summed E-state index contributed by atoms with van der Waals surface area (Å²) < 4.78 is 1.43. The minimum absolute atomic E-state index is 0.0295. The molecular formula is C32H41N9O6. The molecule has 1 aliphatic rings. The fourth-order valence-electron chi connectivity index (χ4n) is 5.06. The van der Waals surface area contributed by atoms with Crippen molar-refractivity contribution in [2.45, 2.75) is 65.2 Å². The molecule has 0 spiro atoms. The van der Waals surface area contributed by atoms with Gasteiger partial charge in [0.05, 0.1) is 12.6 Å². The number of fused-ring (bicyclic) bond motifs is 1. The lowest BCUT2D eigenvalue weighted by molar-refractivity contribution is -0.132. The number of hydrogen-bond acceptors (Lipinski definition) is 9. The molecule has 1 aliphatic heterocycles. The van der Waals surface area contributed by atoms with Crippen molar-refractivity contribution in [1.82, 2.24) is 45.9 Å². The van der Waals surface area contributed by atoms with E-state index in [4.69, 9.17) is 0 Å². The highest BCUT2D eigenvalue weighted by molar-refractivity contribution is 5.98. The molecule has 0 bridgehead atoms. The van der Waals surface area contributed by atoms with Gasteiger partial charge in [0, 0.05) is 24.8 Å². The maximum atomic E-state index is 13.5. The number of aromatic hydroxyl groups is 1. The van der Waals surface area contributed by atoms with Crippen LogP contribution in [0.1, 0.15) is 62.9 Å². The molecule has 1 aromatic carbocycles. The van der Waals surface area contributed by atoms with Crippen molar-refractivity contribution < 1.29 is 29.1 Å². The van der Waals surface area contributed by atoms with Crippen LogP contribution in [-0.4, -0.2) is 91.0 Å². The Morgan fingerprint density at radius 2 is 1.68 bits per heavy atom. The first-order valence-electron chi connectivity index (χ1n) is 15.5. The van der Waals surface area contributed by atoms with Crippen molar-refractivity contribution in [3.05, 3.63) is 60.2 Å². The zero-order valence-corrected chi connectivity index (χ0v) is 26.9. The smallest absolute Gasteiger partial charge is 0.276 e. The van der Waals surface area contributed by atoms with Crippen LogP contribution in [0.4, 0.5) is 0 Å². The van der Waals surface area contributed by atoms with Gasteiger partial charge in [-0.3, -0.25) is 24.0 Å². The van der Waals surface area contributed by atoms with Gasteiger partial charge in [-0.2, -0.15) is 5.10 Å². The van der Waals surface area contributed by atoms with Gasteiger partial charge in [0.15, 0.2) is 11.5 Å². The Kier molecular flexibility index (Phi) is 11.6. The highest BCUT2D eigenvalue weighted by Crippen LogP contribution is 2.20. The average molecular weight is 648 g/mol. The molecule has 0 radical (unpaired) electrons. The molecule has 15 heteroatoms. The lowest BCUT2D eigenvalue weighted by atomic mass is 10.0. The van der Waals surface area contributed by atoms with E-state index in [-0.39, 0.29) is 49.3 Å². The minimum atomic E-state index is -1.04. The summed E-state index contributed by atoms with van der Waals surface area (Å²) in [6.07, 6.45) is 1.92. The second-order valence-electron chi connectivity index (χ2n) is 11.8. The molecule has 0 saturated carbocycles. The zero-order valence-electron chi connectivity index (χ0n) is 26.9. The third kappa shape index (κ3) is 9.34. The molecular weight excluding hydrogens is 606 g/mol. The van der Waals surface area contributed by atoms with Gasteiger partial charge in [-0.1, -0.05) is 44.2 Å². The summed E-state index contributed by atoms with van der Waals surface area (Å²) in [5.74, 6) is -2.38. The summed E-state index contributed by atoms with van der Waals surface area (Å²) in [4.78, 5) is 75.9. The average Bonchev–Trinajstić information content (AvgIpc) is 3.45. The number of carbonyl (C=O) groups is 5. The third-order valence-corrected chi connectivity index (χ3v) is 7.42. The van der Waals surface area contributed by atoms with E-state index in [0.717, 1.165) is 5.56 Å². The quantitative estimate of drug-likeness (QED) is 0.273. The molecule has 5 N–H and O–H groups in total. The zero-order chi connectivity index (χ0) is 34.1. The van der Waals surface area contributed by atoms with Crippen LogP contribution >= 0.6 is 0 Å². The van der Waals surface area contributed by atoms with Crippen LogP contribution in [0.25, 0.3) is 11.4 Å². The van der Waals surface area contributed by atoms with Gasteiger partial charge in [0.25, 0.3) is 5.91 Å². The molecule has 5 amide bonds. The largest absolute Gasteiger partial charge is 0.505 e. The number of benzene rings is 1. The summed E-state index contributed by atoms with van der Waals surface area (Å²) in [5.41, 5.74) is 0.490. The van der Waals surface area contributed by atoms with Crippen molar-refractivity contribution in [2.24, 2.45) is 5.92 Å². The monoisotopic (exact) mass is 647 g/mol. The van der Waals surface area contributed by atoms with Crippen LogP contribution in [0.2, 0.25) is 0 Å². The Balaban J connectivity index is 1.64. The van der Waals surface area contributed by atoms with Crippen LogP contribution in [0.5, 0.6) is 5.75 Å². The fourth-order valence-corrected chi connectivity index (χ4v) is 5.06. The third-order valence-electron chi connectivity index (χ3n) is 7.42. The molecule has 0 unspecified atom stereocenters. The molecule has 250 valence electrons. The summed E-state index contributed by atoms with van der Waals surface area (Å²) in [7, 11) is 0. The van der Waals surface area contributed by atoms with E-state index < -0.39 is 48.3 Å². The predicted octanol–water partition coefficient (Wildman–Crippen LogP) is 0.921. The first kappa shape index (κ1) is 34.5. The Bertz CT molecular complexity index is 1590. The van der Waals surface area contributed by atoms with E-state index in [0.29, 0.717) is 18.1 Å². The van der Waals surface area contributed by atoms with Gasteiger partial charge in [-0.05, 0) is 44.7 Å². The van der Waals surface area contributed by atoms with E-state index in [2.05, 4.69) is 36.3 Å². The van der Waals surface area contributed by atoms with Gasteiger partial charge in [-0.25, -0.2) is 14.6 Å². The van der Waals surface area contributed by atoms with Crippen LogP contribution in [0.15, 0.2) is 48.7 Å². The predicted molar refractivity (Wildman–Crippen MR) is 170 cm³/mol. The minimum Gasteiger partial charge on any atom is -0.505 e. The number of amides is 5. The first-order chi connectivity index (χ1) is 22.4. The number of nitrogens with zero attached hydrogens (tertiary/aromatic N) is 5. The van der Waals surface area contributed by atoms with Crippen LogP contribution < -0.4 is 21.3 Å². The molecule has 2 aromatic heterocycles. The maximum Gasteiger partial charge on any atom is 0.276 e. The van der Waals surface area contributed by atoms with Crippen molar-refractivity contribution in [3.8, 4) is 17.1 Å². The first-order valence-corrected chi connectivity index (χ1v) is 15.5. The van der Waals surface area contributed by atoms with Gasteiger partial charge < -0.3 is 31.3 Å². The number of aromatic nitrogens is 4. The molecule has 3 aromatic rings. The molecule has 3 atom stereocenters. The molecule has 0 saturated heterocycles. The Hall–Kier alpha value is -5.34. The summed E-state index contributed by atoms with van der Waals surface area (Å²) in [5, 5.41) is 25.8. The Morgan fingerprint density at radius 1 is 0.936 bits per heavy atom. The van der Waals surface area contributed by atoms with E-state index in [1.165, 1.54) is 34.8 Å². The number of carbonyl (C=O) groups excluding carboxylic acids is 5. The van der Waals surface area contributed by atoms with Crippen LogP contribution in [-0.2, 0) is 25.7 Å². The van der Waals surface area contributed by atoms with E-state index >= 15 is 0 Å². The van der Waals surface area contributed by atoms with E-state index in [1.54, 1.807) is 6.92 Å². The number of pyridine rings is 1. The molecule has 0 fully saturated rings. The number of hydrogen-bond donors (Lipinski definition) is 5. The summed E-state index contributed by atoms with van der Waals surface area (Å²) in [6, 6.07) is 9.32. The Labute approximate surface area is 272 Å². The van der Waals surface area contributed by atoms with Crippen LogP contribution in [0.3, 0.4) is 0 Å². The van der Waals surface area contributed by atoms with Crippen molar-refractivity contribution in [2.75, 3.05) is 19.6 Å².